The minimum atomic E-state index is 0.347. The summed E-state index contributed by atoms with van der Waals surface area (Å²) < 4.78 is 5.67. The van der Waals surface area contributed by atoms with Crippen LogP contribution in [0.15, 0.2) is 24.3 Å². The summed E-state index contributed by atoms with van der Waals surface area (Å²) >= 11 is 0. The summed E-state index contributed by atoms with van der Waals surface area (Å²) in [6.45, 7) is 6.27. The Morgan fingerprint density at radius 2 is 2.16 bits per heavy atom. The number of nitrogens with zero attached hydrogens (tertiary/aromatic N) is 1. The van der Waals surface area contributed by atoms with Crippen molar-refractivity contribution in [2.45, 2.75) is 38.5 Å². The van der Waals surface area contributed by atoms with Crippen molar-refractivity contribution in [2.24, 2.45) is 0 Å². The summed E-state index contributed by atoms with van der Waals surface area (Å²) in [5, 5.41) is 3.45. The van der Waals surface area contributed by atoms with Gasteiger partial charge in [0.2, 0.25) is 0 Å². The van der Waals surface area contributed by atoms with Crippen molar-refractivity contribution in [3.05, 3.63) is 35.4 Å². The number of ether oxygens (including phenoxy) is 1. The van der Waals surface area contributed by atoms with Crippen LogP contribution < -0.4 is 5.32 Å². The van der Waals surface area contributed by atoms with Crippen LogP contribution >= 0.6 is 0 Å². The Bertz CT molecular complexity index is 407. The first kappa shape index (κ1) is 14.5. The second kappa shape index (κ2) is 6.51. The molecule has 1 heterocycles. The second-order valence-electron chi connectivity index (χ2n) is 5.57. The van der Waals surface area contributed by atoms with Crippen molar-refractivity contribution in [3.63, 3.8) is 0 Å². The van der Waals surface area contributed by atoms with Crippen molar-refractivity contribution in [1.82, 2.24) is 10.2 Å². The zero-order chi connectivity index (χ0) is 13.8. The molecular formula is C16H26N2O. The molecule has 0 spiro atoms. The summed E-state index contributed by atoms with van der Waals surface area (Å²) in [4.78, 5) is 2.44. The van der Waals surface area contributed by atoms with E-state index in [1.54, 1.807) is 0 Å². The van der Waals surface area contributed by atoms with Gasteiger partial charge in [0, 0.05) is 25.2 Å². The molecule has 0 saturated carbocycles. The summed E-state index contributed by atoms with van der Waals surface area (Å²) in [6, 6.07) is 9.54. The number of likely N-dealkylation sites (N-methyl/N-ethyl adjacent to an activating group) is 2. The molecule has 19 heavy (non-hydrogen) atoms. The Hall–Kier alpha value is -0.900. The molecule has 0 bridgehead atoms. The van der Waals surface area contributed by atoms with E-state index in [4.69, 9.17) is 4.74 Å². The van der Waals surface area contributed by atoms with Crippen LogP contribution in [0.3, 0.4) is 0 Å². The molecule has 1 aromatic carbocycles. The third-order valence-corrected chi connectivity index (χ3v) is 4.29. The van der Waals surface area contributed by atoms with Gasteiger partial charge in [-0.1, -0.05) is 24.3 Å². The normalized spacial score (nSPS) is 24.9. The molecule has 3 nitrogen and oxygen atoms in total. The van der Waals surface area contributed by atoms with Gasteiger partial charge in [0.25, 0.3) is 0 Å². The van der Waals surface area contributed by atoms with Crippen molar-refractivity contribution in [3.8, 4) is 0 Å². The van der Waals surface area contributed by atoms with Crippen LogP contribution in [0.25, 0.3) is 0 Å². The molecule has 0 amide bonds. The Labute approximate surface area is 116 Å². The molecule has 1 aliphatic heterocycles. The molecule has 2 rings (SSSR count). The lowest BCUT2D eigenvalue weighted by Crippen LogP contribution is -2.41. The number of benzene rings is 1. The third-order valence-electron chi connectivity index (χ3n) is 4.29. The fourth-order valence-electron chi connectivity index (χ4n) is 3.05. The molecule has 3 unspecified atom stereocenters. The SMILES string of the molecule is CNC(CN(C)C1CCOC1C)c1ccccc1C. The molecule has 1 fully saturated rings. The fourth-order valence-corrected chi connectivity index (χ4v) is 3.05. The molecule has 1 aromatic rings. The summed E-state index contributed by atoms with van der Waals surface area (Å²) in [7, 11) is 4.25. The van der Waals surface area contributed by atoms with Gasteiger partial charge in [-0.3, -0.25) is 4.90 Å². The highest BCUT2D eigenvalue weighted by Crippen LogP contribution is 2.23. The van der Waals surface area contributed by atoms with E-state index in [1.165, 1.54) is 11.1 Å². The van der Waals surface area contributed by atoms with Gasteiger partial charge in [0.1, 0.15) is 0 Å². The van der Waals surface area contributed by atoms with E-state index in [2.05, 4.69) is 55.4 Å². The molecule has 0 radical (unpaired) electrons. The second-order valence-corrected chi connectivity index (χ2v) is 5.57. The van der Waals surface area contributed by atoms with Crippen molar-refractivity contribution < 1.29 is 4.74 Å². The zero-order valence-electron chi connectivity index (χ0n) is 12.5. The number of nitrogens with one attached hydrogen (secondary N) is 1. The number of rotatable bonds is 5. The van der Waals surface area contributed by atoms with Gasteiger partial charge < -0.3 is 10.1 Å². The number of aryl methyl sites for hydroxylation is 1. The maximum atomic E-state index is 5.67. The quantitative estimate of drug-likeness (QED) is 0.881. The number of hydrogen-bond donors (Lipinski definition) is 1. The standard InChI is InChI=1S/C16H26N2O/c1-12-7-5-6-8-14(12)15(17-3)11-18(4)16-9-10-19-13(16)2/h5-8,13,15-17H,9-11H2,1-4H3. The van der Waals surface area contributed by atoms with Crippen LogP contribution in [-0.2, 0) is 4.74 Å². The molecule has 106 valence electrons. The lowest BCUT2D eigenvalue weighted by molar-refractivity contribution is 0.0806. The third kappa shape index (κ3) is 3.35. The first-order valence-electron chi connectivity index (χ1n) is 7.18. The monoisotopic (exact) mass is 262 g/mol. The van der Waals surface area contributed by atoms with Gasteiger partial charge in [-0.15, -0.1) is 0 Å². The van der Waals surface area contributed by atoms with Crippen LogP contribution in [0.1, 0.15) is 30.5 Å². The van der Waals surface area contributed by atoms with E-state index < -0.39 is 0 Å². The minimum absolute atomic E-state index is 0.347. The van der Waals surface area contributed by atoms with Crippen LogP contribution in [0.4, 0.5) is 0 Å². The van der Waals surface area contributed by atoms with E-state index >= 15 is 0 Å². The van der Waals surface area contributed by atoms with Gasteiger partial charge in [0.15, 0.2) is 0 Å². The smallest absolute Gasteiger partial charge is 0.0702 e. The van der Waals surface area contributed by atoms with E-state index in [0.29, 0.717) is 18.2 Å². The minimum Gasteiger partial charge on any atom is -0.377 e. The first-order valence-corrected chi connectivity index (χ1v) is 7.18. The zero-order valence-corrected chi connectivity index (χ0v) is 12.5. The average Bonchev–Trinajstić information content (AvgIpc) is 2.83. The Morgan fingerprint density at radius 1 is 1.42 bits per heavy atom. The number of hydrogen-bond acceptors (Lipinski definition) is 3. The Balaban J connectivity index is 2.05. The first-order chi connectivity index (χ1) is 9.13. The Morgan fingerprint density at radius 3 is 2.74 bits per heavy atom. The fraction of sp³-hybridized carbons (Fsp3) is 0.625. The van der Waals surface area contributed by atoms with Crippen molar-refractivity contribution >= 4 is 0 Å². The van der Waals surface area contributed by atoms with Crippen LogP contribution in [0, 0.1) is 6.92 Å². The van der Waals surface area contributed by atoms with Gasteiger partial charge in [0.05, 0.1) is 6.10 Å². The van der Waals surface area contributed by atoms with Gasteiger partial charge >= 0.3 is 0 Å². The van der Waals surface area contributed by atoms with Crippen molar-refractivity contribution in [2.75, 3.05) is 27.2 Å². The van der Waals surface area contributed by atoms with E-state index in [9.17, 15) is 0 Å². The molecule has 1 N–H and O–H groups in total. The predicted molar refractivity (Wildman–Crippen MR) is 79.4 cm³/mol. The largest absolute Gasteiger partial charge is 0.377 e. The average molecular weight is 262 g/mol. The van der Waals surface area contributed by atoms with E-state index in [0.717, 1.165) is 19.6 Å². The predicted octanol–water partition coefficient (Wildman–Crippen LogP) is 2.36. The van der Waals surface area contributed by atoms with E-state index in [-0.39, 0.29) is 0 Å². The molecule has 1 aliphatic rings. The van der Waals surface area contributed by atoms with E-state index in [1.807, 2.05) is 7.05 Å². The summed E-state index contributed by atoms with van der Waals surface area (Å²) in [6.07, 6.45) is 1.49. The molecule has 3 heteroatoms. The molecule has 0 aliphatic carbocycles. The van der Waals surface area contributed by atoms with Crippen molar-refractivity contribution in [1.29, 1.82) is 0 Å². The lowest BCUT2D eigenvalue weighted by Gasteiger charge is -2.31. The van der Waals surface area contributed by atoms with Gasteiger partial charge in [-0.2, -0.15) is 0 Å². The highest BCUT2D eigenvalue weighted by atomic mass is 16.5. The summed E-state index contributed by atoms with van der Waals surface area (Å²) in [5.74, 6) is 0. The molecule has 0 aromatic heterocycles. The maximum Gasteiger partial charge on any atom is 0.0702 e. The molecular weight excluding hydrogens is 236 g/mol. The molecule has 3 atom stereocenters. The maximum absolute atomic E-state index is 5.67. The van der Waals surface area contributed by atoms with Crippen LogP contribution in [-0.4, -0.2) is 44.3 Å². The highest BCUT2D eigenvalue weighted by molar-refractivity contribution is 5.29. The topological polar surface area (TPSA) is 24.5 Å². The molecule has 1 saturated heterocycles. The lowest BCUT2D eigenvalue weighted by atomic mass is 10.00. The highest BCUT2D eigenvalue weighted by Gasteiger charge is 2.29. The van der Waals surface area contributed by atoms with Crippen LogP contribution in [0.2, 0.25) is 0 Å². The summed E-state index contributed by atoms with van der Waals surface area (Å²) in [5.41, 5.74) is 2.74. The van der Waals surface area contributed by atoms with Gasteiger partial charge in [-0.25, -0.2) is 0 Å². The Kier molecular flexibility index (Phi) is 4.97. The van der Waals surface area contributed by atoms with Crippen LogP contribution in [0.5, 0.6) is 0 Å². The van der Waals surface area contributed by atoms with Gasteiger partial charge in [-0.05, 0) is 45.5 Å².